The van der Waals surface area contributed by atoms with Gasteiger partial charge in [-0.3, -0.25) is 14.5 Å². The summed E-state index contributed by atoms with van der Waals surface area (Å²) in [5.74, 6) is -1.63. The minimum absolute atomic E-state index is 0.111. The van der Waals surface area contributed by atoms with Gasteiger partial charge in [0.25, 0.3) is 5.91 Å². The van der Waals surface area contributed by atoms with Crippen LogP contribution in [-0.2, 0) is 20.8 Å². The van der Waals surface area contributed by atoms with Crippen LogP contribution in [0.3, 0.4) is 0 Å². The smallest absolute Gasteiger partial charge is 0.353 e. The van der Waals surface area contributed by atoms with E-state index in [-0.39, 0.29) is 23.7 Å². The van der Waals surface area contributed by atoms with Crippen LogP contribution in [0.1, 0.15) is 11.3 Å². The van der Waals surface area contributed by atoms with E-state index in [9.17, 15) is 24.8 Å². The van der Waals surface area contributed by atoms with Crippen LogP contribution in [0, 0.1) is 11.3 Å². The van der Waals surface area contributed by atoms with Crippen LogP contribution in [0.15, 0.2) is 64.2 Å². The molecule has 8 nitrogen and oxygen atoms in total. The van der Waals surface area contributed by atoms with E-state index in [1.54, 1.807) is 12.1 Å². The molecule has 0 bridgehead atoms. The van der Waals surface area contributed by atoms with Gasteiger partial charge in [-0.1, -0.05) is 42.1 Å². The maximum atomic E-state index is 12.7. The number of nitrogens with zero attached hydrogens (tertiary/aromatic N) is 3. The van der Waals surface area contributed by atoms with E-state index in [0.29, 0.717) is 15.6 Å². The van der Waals surface area contributed by atoms with Gasteiger partial charge in [0.05, 0.1) is 6.42 Å². The lowest BCUT2D eigenvalue weighted by molar-refractivity contribution is -0.150. The minimum Gasteiger partial charge on any atom is -0.477 e. The molecule has 156 valence electrons. The van der Waals surface area contributed by atoms with Gasteiger partial charge in [0.15, 0.2) is 5.69 Å². The first-order valence-corrected chi connectivity index (χ1v) is 11.1. The number of carbonyl (C=O) groups excluding carboxylic acids is 2. The summed E-state index contributed by atoms with van der Waals surface area (Å²) >= 11 is 2.50. The molecule has 2 aromatic rings. The van der Waals surface area contributed by atoms with E-state index in [1.807, 2.05) is 36.4 Å². The normalized spacial score (nSPS) is 19.8. The number of β-lactam (4-membered cyclic amide) rings is 1. The first-order chi connectivity index (χ1) is 15.0. The highest BCUT2D eigenvalue weighted by Crippen LogP contribution is 2.45. The second-order valence-electron chi connectivity index (χ2n) is 6.76. The molecule has 2 aliphatic rings. The Morgan fingerprint density at radius 1 is 1.29 bits per heavy atom. The van der Waals surface area contributed by atoms with Gasteiger partial charge >= 0.3 is 5.97 Å². The predicted molar refractivity (Wildman–Crippen MR) is 115 cm³/mol. The fourth-order valence-electron chi connectivity index (χ4n) is 3.36. The van der Waals surface area contributed by atoms with E-state index in [1.165, 1.54) is 22.9 Å². The van der Waals surface area contributed by atoms with Crippen molar-refractivity contribution in [1.29, 1.82) is 5.26 Å². The predicted octanol–water partition coefficient (Wildman–Crippen LogP) is 1.98. The summed E-state index contributed by atoms with van der Waals surface area (Å²) in [6, 6.07) is 13.7. The molecule has 0 aliphatic carbocycles. The van der Waals surface area contributed by atoms with Crippen molar-refractivity contribution in [2.45, 2.75) is 22.7 Å². The van der Waals surface area contributed by atoms with Gasteiger partial charge in [0.1, 0.15) is 23.2 Å². The molecule has 0 saturated carbocycles. The number of nitrogens with one attached hydrogen (secondary N) is 1. The summed E-state index contributed by atoms with van der Waals surface area (Å²) in [7, 11) is 0. The van der Waals surface area contributed by atoms with Crippen LogP contribution in [0.2, 0.25) is 0 Å². The first kappa shape index (κ1) is 21.0. The molecule has 2 N–H and O–H groups in total. The SMILES string of the molecule is N#Cc1ncccc1SC1=C(C(=O)O)N2C(=O)[C@@H](NC(=O)Cc3ccccc3)[C@@H]2SC1. The molecule has 1 aromatic heterocycles. The molecule has 2 atom stereocenters. The van der Waals surface area contributed by atoms with Gasteiger partial charge in [-0.25, -0.2) is 9.78 Å². The number of thioether (sulfide) groups is 2. The number of rotatable bonds is 6. The average Bonchev–Trinajstić information content (AvgIpc) is 2.78. The number of pyridine rings is 1. The van der Waals surface area contributed by atoms with E-state index < -0.39 is 23.3 Å². The molecule has 0 unspecified atom stereocenters. The maximum absolute atomic E-state index is 12.7. The molecule has 31 heavy (non-hydrogen) atoms. The molecule has 2 aliphatic heterocycles. The van der Waals surface area contributed by atoms with Crippen molar-refractivity contribution in [1.82, 2.24) is 15.2 Å². The second-order valence-corrected chi connectivity index (χ2v) is 9.00. The number of benzene rings is 1. The summed E-state index contributed by atoms with van der Waals surface area (Å²) in [6.45, 7) is 0. The Morgan fingerprint density at radius 2 is 2.06 bits per heavy atom. The Bertz CT molecular complexity index is 1130. The fraction of sp³-hybridized carbons (Fsp3) is 0.190. The van der Waals surface area contributed by atoms with Crippen molar-refractivity contribution in [3.8, 4) is 6.07 Å². The zero-order chi connectivity index (χ0) is 22.0. The third-order valence-electron chi connectivity index (χ3n) is 4.77. The zero-order valence-corrected chi connectivity index (χ0v) is 17.7. The Morgan fingerprint density at radius 3 is 2.77 bits per heavy atom. The van der Waals surface area contributed by atoms with Crippen LogP contribution in [0.5, 0.6) is 0 Å². The second kappa shape index (κ2) is 8.83. The molecule has 1 aromatic carbocycles. The monoisotopic (exact) mass is 452 g/mol. The number of aliphatic carboxylic acids is 1. The number of carbonyl (C=O) groups is 3. The highest BCUT2D eigenvalue weighted by Gasteiger charge is 2.54. The highest BCUT2D eigenvalue weighted by atomic mass is 32.2. The third kappa shape index (κ3) is 4.15. The Labute approximate surface area is 186 Å². The van der Waals surface area contributed by atoms with Crippen molar-refractivity contribution in [3.63, 3.8) is 0 Å². The van der Waals surface area contributed by atoms with Crippen molar-refractivity contribution < 1.29 is 19.5 Å². The Balaban J connectivity index is 1.51. The summed E-state index contributed by atoms with van der Waals surface area (Å²) < 4.78 is 0. The van der Waals surface area contributed by atoms with Crippen LogP contribution < -0.4 is 5.32 Å². The lowest BCUT2D eigenvalue weighted by Gasteiger charge is -2.49. The van der Waals surface area contributed by atoms with Crippen molar-refractivity contribution in [2.24, 2.45) is 0 Å². The molecule has 0 spiro atoms. The summed E-state index contributed by atoms with van der Waals surface area (Å²) in [5, 5.41) is 21.3. The topological polar surface area (TPSA) is 123 Å². The molecular weight excluding hydrogens is 436 g/mol. The lowest BCUT2D eigenvalue weighted by atomic mass is 10.0. The Hall–Kier alpha value is -3.29. The summed E-state index contributed by atoms with van der Waals surface area (Å²) in [4.78, 5) is 43.3. The number of amides is 2. The molecule has 1 saturated heterocycles. The third-order valence-corrected chi connectivity index (χ3v) is 7.37. The maximum Gasteiger partial charge on any atom is 0.353 e. The fourth-order valence-corrected chi connectivity index (χ4v) is 5.89. The highest BCUT2D eigenvalue weighted by molar-refractivity contribution is 8.06. The minimum atomic E-state index is -1.22. The summed E-state index contributed by atoms with van der Waals surface area (Å²) in [6.07, 6.45) is 1.63. The van der Waals surface area contributed by atoms with Gasteiger partial charge in [0.2, 0.25) is 5.91 Å². The molecule has 4 rings (SSSR count). The zero-order valence-electron chi connectivity index (χ0n) is 16.0. The number of hydrogen-bond acceptors (Lipinski definition) is 7. The van der Waals surface area contributed by atoms with Gasteiger partial charge in [0, 0.05) is 21.8 Å². The van der Waals surface area contributed by atoms with E-state index in [2.05, 4.69) is 10.3 Å². The lowest BCUT2D eigenvalue weighted by Crippen LogP contribution is -2.70. The molecule has 0 radical (unpaired) electrons. The average molecular weight is 453 g/mol. The van der Waals surface area contributed by atoms with Crippen molar-refractivity contribution >= 4 is 41.3 Å². The molecule has 2 amide bonds. The van der Waals surface area contributed by atoms with E-state index >= 15 is 0 Å². The van der Waals surface area contributed by atoms with Gasteiger partial charge < -0.3 is 10.4 Å². The molecule has 10 heteroatoms. The number of carboxylic acids is 1. The van der Waals surface area contributed by atoms with Crippen molar-refractivity contribution in [3.05, 3.63) is 70.5 Å². The van der Waals surface area contributed by atoms with Gasteiger partial charge in [-0.05, 0) is 17.7 Å². The first-order valence-electron chi connectivity index (χ1n) is 9.27. The summed E-state index contributed by atoms with van der Waals surface area (Å²) in [5.41, 5.74) is 0.910. The number of fused-ring (bicyclic) bond motifs is 1. The molecule has 3 heterocycles. The Kier molecular flexibility index (Phi) is 5.97. The molecule has 1 fully saturated rings. The van der Waals surface area contributed by atoms with E-state index in [4.69, 9.17) is 0 Å². The van der Waals surface area contributed by atoms with E-state index in [0.717, 1.165) is 17.3 Å². The van der Waals surface area contributed by atoms with Crippen LogP contribution in [0.25, 0.3) is 0 Å². The largest absolute Gasteiger partial charge is 0.477 e. The van der Waals surface area contributed by atoms with Crippen LogP contribution >= 0.6 is 23.5 Å². The number of hydrogen-bond donors (Lipinski definition) is 2. The quantitative estimate of drug-likeness (QED) is 0.638. The molecular formula is C21H16N4O4S2. The number of carboxylic acid groups (broad SMARTS) is 1. The van der Waals surface area contributed by atoms with Crippen LogP contribution in [-0.4, -0.2) is 49.9 Å². The number of aromatic nitrogens is 1. The van der Waals surface area contributed by atoms with Gasteiger partial charge in [-0.2, -0.15) is 5.26 Å². The standard InChI is InChI=1S/C21H16N4O4S2/c22-10-13-14(7-4-8-23-13)31-15-11-30-20-17(19(27)25(20)18(15)21(28)29)24-16(26)9-12-5-2-1-3-6-12/h1-8,17,20H,9,11H2,(H,24,26)(H,28,29)/t17-,20+/m1/s1. The van der Waals surface area contributed by atoms with Gasteiger partial charge in [-0.15, -0.1) is 11.8 Å². The van der Waals surface area contributed by atoms with Crippen LogP contribution in [0.4, 0.5) is 0 Å². The van der Waals surface area contributed by atoms with Crippen molar-refractivity contribution in [2.75, 3.05) is 5.75 Å². The number of nitriles is 1.